The number of carboxylic acid groups (broad SMARTS) is 1. The van der Waals surface area contributed by atoms with E-state index in [1.54, 1.807) is 0 Å². The molecule has 1 heterocycles. The summed E-state index contributed by atoms with van der Waals surface area (Å²) in [5.41, 5.74) is 0. The Morgan fingerprint density at radius 3 is 3.00 bits per heavy atom. The molecule has 0 aromatic heterocycles. The van der Waals surface area contributed by atoms with E-state index in [1.165, 1.54) is 11.8 Å². The van der Waals surface area contributed by atoms with Gasteiger partial charge in [0.05, 0.1) is 4.91 Å². The average Bonchev–Trinajstić information content (AvgIpc) is 2.58. The summed E-state index contributed by atoms with van der Waals surface area (Å²) in [6.45, 7) is -0.355. The van der Waals surface area contributed by atoms with Crippen LogP contribution < -0.4 is 0 Å². The summed E-state index contributed by atoms with van der Waals surface area (Å²) in [5, 5.41) is 8.73. The van der Waals surface area contributed by atoms with E-state index in [-0.39, 0.29) is 12.5 Å². The second-order valence-electron chi connectivity index (χ2n) is 4.23. The summed E-state index contributed by atoms with van der Waals surface area (Å²) < 4.78 is 0.333. The molecule has 2 aliphatic rings. The number of thioether (sulfide) groups is 1. The van der Waals surface area contributed by atoms with Gasteiger partial charge in [0, 0.05) is 0 Å². The van der Waals surface area contributed by atoms with Crippen molar-refractivity contribution in [1.29, 1.82) is 0 Å². The lowest BCUT2D eigenvalue weighted by atomic mass is 9.94. The number of carboxylic acids is 1. The molecular formula is C12H13NO3S2. The first-order chi connectivity index (χ1) is 8.58. The van der Waals surface area contributed by atoms with Crippen LogP contribution in [0.1, 0.15) is 19.3 Å². The SMILES string of the molecule is O=C(O)CN1C(=O)/C(=C\[C@@H]2CC=CCC2)SC1=S. The Labute approximate surface area is 115 Å². The van der Waals surface area contributed by atoms with Crippen LogP contribution in [0.5, 0.6) is 0 Å². The Hall–Kier alpha value is -1.14. The topological polar surface area (TPSA) is 57.6 Å². The van der Waals surface area contributed by atoms with E-state index < -0.39 is 5.97 Å². The first kappa shape index (κ1) is 13.3. The maximum absolute atomic E-state index is 12.0. The highest BCUT2D eigenvalue weighted by atomic mass is 32.2. The molecule has 0 radical (unpaired) electrons. The number of hydrogen-bond acceptors (Lipinski definition) is 4. The maximum Gasteiger partial charge on any atom is 0.323 e. The molecule has 0 aromatic rings. The molecule has 0 bridgehead atoms. The molecule has 1 N–H and O–H groups in total. The van der Waals surface area contributed by atoms with Gasteiger partial charge in [0.1, 0.15) is 10.9 Å². The van der Waals surface area contributed by atoms with Gasteiger partial charge in [-0.05, 0) is 25.2 Å². The van der Waals surface area contributed by atoms with Crippen LogP contribution in [0.15, 0.2) is 23.1 Å². The smallest absolute Gasteiger partial charge is 0.323 e. The van der Waals surface area contributed by atoms with Gasteiger partial charge in [-0.15, -0.1) is 0 Å². The number of thiocarbonyl (C=S) groups is 1. The van der Waals surface area contributed by atoms with E-state index in [2.05, 4.69) is 12.2 Å². The van der Waals surface area contributed by atoms with E-state index in [0.717, 1.165) is 24.2 Å². The van der Waals surface area contributed by atoms with Crippen molar-refractivity contribution in [1.82, 2.24) is 4.90 Å². The lowest BCUT2D eigenvalue weighted by Crippen LogP contribution is -2.33. The molecule has 18 heavy (non-hydrogen) atoms. The minimum atomic E-state index is -1.05. The molecule has 1 fully saturated rings. The number of nitrogens with zero attached hydrogens (tertiary/aromatic N) is 1. The van der Waals surface area contributed by atoms with E-state index in [1.807, 2.05) is 6.08 Å². The van der Waals surface area contributed by atoms with Gasteiger partial charge in [-0.2, -0.15) is 0 Å². The molecule has 0 aromatic carbocycles. The monoisotopic (exact) mass is 283 g/mol. The molecule has 0 unspecified atom stereocenters. The number of carbonyl (C=O) groups excluding carboxylic acids is 1. The van der Waals surface area contributed by atoms with Gasteiger partial charge in [-0.1, -0.05) is 42.2 Å². The molecule has 6 heteroatoms. The van der Waals surface area contributed by atoms with Crippen LogP contribution in [0, 0.1) is 5.92 Å². The normalized spacial score (nSPS) is 26.1. The average molecular weight is 283 g/mol. The molecule has 4 nitrogen and oxygen atoms in total. The molecular weight excluding hydrogens is 270 g/mol. The molecule has 1 aliphatic carbocycles. The molecule has 2 rings (SSSR count). The van der Waals surface area contributed by atoms with Gasteiger partial charge in [0.15, 0.2) is 0 Å². The van der Waals surface area contributed by atoms with Gasteiger partial charge in [-0.25, -0.2) is 0 Å². The van der Waals surface area contributed by atoms with Crippen molar-refractivity contribution in [3.63, 3.8) is 0 Å². The minimum absolute atomic E-state index is 0.276. The number of hydrogen-bond donors (Lipinski definition) is 1. The molecule has 1 saturated heterocycles. The van der Waals surface area contributed by atoms with Crippen LogP contribution in [0.2, 0.25) is 0 Å². The van der Waals surface area contributed by atoms with Gasteiger partial charge < -0.3 is 5.11 Å². The third-order valence-electron chi connectivity index (χ3n) is 2.86. The maximum atomic E-state index is 12.0. The zero-order valence-electron chi connectivity index (χ0n) is 9.67. The highest BCUT2D eigenvalue weighted by molar-refractivity contribution is 8.26. The van der Waals surface area contributed by atoms with Gasteiger partial charge in [-0.3, -0.25) is 14.5 Å². The quantitative estimate of drug-likeness (QED) is 0.489. The molecule has 0 saturated carbocycles. The Bertz CT molecular complexity index is 456. The lowest BCUT2D eigenvalue weighted by molar-refractivity contribution is -0.140. The number of carbonyl (C=O) groups is 2. The Morgan fingerprint density at radius 2 is 2.39 bits per heavy atom. The molecule has 1 atom stereocenters. The van der Waals surface area contributed by atoms with E-state index in [0.29, 0.717) is 15.1 Å². The first-order valence-electron chi connectivity index (χ1n) is 5.70. The van der Waals surface area contributed by atoms with Crippen molar-refractivity contribution in [3.05, 3.63) is 23.1 Å². The van der Waals surface area contributed by atoms with Crippen LogP contribution >= 0.6 is 24.0 Å². The van der Waals surface area contributed by atoms with Crippen LogP contribution in [0.25, 0.3) is 0 Å². The predicted octanol–water partition coefficient (Wildman–Crippen LogP) is 2.17. The fraction of sp³-hybridized carbons (Fsp3) is 0.417. The molecule has 1 amide bonds. The van der Waals surface area contributed by atoms with Crippen LogP contribution in [0.3, 0.4) is 0 Å². The second-order valence-corrected chi connectivity index (χ2v) is 5.90. The lowest BCUT2D eigenvalue weighted by Gasteiger charge is -2.14. The van der Waals surface area contributed by atoms with Crippen molar-refractivity contribution in [2.45, 2.75) is 19.3 Å². The number of amides is 1. The standard InChI is InChI=1S/C12H13NO3S2/c14-10(15)7-13-11(16)9(18-12(13)17)6-8-4-2-1-3-5-8/h1-2,6,8H,3-5,7H2,(H,14,15)/b9-6+/t8-/m1/s1. The molecule has 0 spiro atoms. The third kappa shape index (κ3) is 3.00. The van der Waals surface area contributed by atoms with Gasteiger partial charge in [0.2, 0.25) is 0 Å². The fourth-order valence-electron chi connectivity index (χ4n) is 1.97. The van der Waals surface area contributed by atoms with E-state index in [9.17, 15) is 9.59 Å². The fourth-order valence-corrected chi connectivity index (χ4v) is 3.29. The minimum Gasteiger partial charge on any atom is -0.480 e. The highest BCUT2D eigenvalue weighted by Gasteiger charge is 2.33. The summed E-state index contributed by atoms with van der Waals surface area (Å²) in [6, 6.07) is 0. The Balaban J connectivity index is 2.09. The number of rotatable bonds is 3. The zero-order chi connectivity index (χ0) is 13.1. The number of allylic oxidation sites excluding steroid dienone is 3. The summed E-state index contributed by atoms with van der Waals surface area (Å²) in [4.78, 5) is 24.4. The molecule has 1 aliphatic heterocycles. The van der Waals surface area contributed by atoms with Crippen molar-refractivity contribution < 1.29 is 14.7 Å². The van der Waals surface area contributed by atoms with Crippen LogP contribution in [-0.4, -0.2) is 32.7 Å². The summed E-state index contributed by atoms with van der Waals surface area (Å²) >= 11 is 6.23. The number of aliphatic carboxylic acids is 1. The Morgan fingerprint density at radius 1 is 1.61 bits per heavy atom. The summed E-state index contributed by atoms with van der Waals surface area (Å²) in [7, 11) is 0. The first-order valence-corrected chi connectivity index (χ1v) is 6.92. The second kappa shape index (κ2) is 5.67. The summed E-state index contributed by atoms with van der Waals surface area (Å²) in [6.07, 6.45) is 9.17. The zero-order valence-corrected chi connectivity index (χ0v) is 11.3. The van der Waals surface area contributed by atoms with Crippen molar-refractivity contribution >= 4 is 40.2 Å². The van der Waals surface area contributed by atoms with E-state index in [4.69, 9.17) is 17.3 Å². The van der Waals surface area contributed by atoms with Gasteiger partial charge >= 0.3 is 5.97 Å². The third-order valence-corrected chi connectivity index (χ3v) is 4.26. The largest absolute Gasteiger partial charge is 0.480 e. The van der Waals surface area contributed by atoms with Crippen LogP contribution in [-0.2, 0) is 9.59 Å². The van der Waals surface area contributed by atoms with Crippen molar-refractivity contribution in [2.24, 2.45) is 5.92 Å². The van der Waals surface area contributed by atoms with Gasteiger partial charge in [0.25, 0.3) is 5.91 Å². The predicted molar refractivity (Wildman–Crippen MR) is 74.1 cm³/mol. The van der Waals surface area contributed by atoms with Crippen molar-refractivity contribution in [3.8, 4) is 0 Å². The summed E-state index contributed by atoms with van der Waals surface area (Å²) in [5.74, 6) is -0.968. The van der Waals surface area contributed by atoms with Crippen LogP contribution in [0.4, 0.5) is 0 Å². The highest BCUT2D eigenvalue weighted by Crippen LogP contribution is 2.33. The van der Waals surface area contributed by atoms with Crippen molar-refractivity contribution in [2.75, 3.05) is 6.54 Å². The Kier molecular flexibility index (Phi) is 4.19. The molecule has 96 valence electrons. The van der Waals surface area contributed by atoms with E-state index >= 15 is 0 Å².